The molecule has 36 nitrogen and oxygen atoms in total. The normalized spacial score (nSPS) is 29.9. The Labute approximate surface area is 720 Å². The fraction of sp³-hybridized carbons (Fsp3) is 0.419. The molecule has 22 atom stereocenters. The summed E-state index contributed by atoms with van der Waals surface area (Å²) in [6.07, 6.45) is -22.8. The Morgan fingerprint density at radius 2 is 1.24 bits per heavy atom. The molecule has 38 heteroatoms. The number of aliphatic hydroxyl groups is 6. The molecule has 0 aromatic heterocycles. The molecule has 15 rings (SSSR count). The maximum Gasteiger partial charge on any atom is 0.330 e. The summed E-state index contributed by atoms with van der Waals surface area (Å²) < 4.78 is 52.9. The van der Waals surface area contributed by atoms with E-state index < -0.39 is 261 Å². The van der Waals surface area contributed by atoms with E-state index >= 15 is 24.0 Å². The van der Waals surface area contributed by atoms with Crippen molar-refractivity contribution in [2.24, 2.45) is 17.4 Å². The lowest BCUT2D eigenvalue weighted by atomic mass is 9.84. The highest BCUT2D eigenvalue weighted by Crippen LogP contribution is 2.51. The number of phenolic OH excluding ortho intramolecular Hbond substituents is 3. The van der Waals surface area contributed by atoms with Crippen molar-refractivity contribution in [3.63, 3.8) is 0 Å². The number of carboxylic acids is 1. The molecule has 0 spiro atoms. The molecule has 7 aromatic rings. The van der Waals surface area contributed by atoms with Crippen LogP contribution in [0.4, 0.5) is 0 Å². The highest BCUT2D eigenvalue weighted by Gasteiger charge is 2.53. The maximum absolute atomic E-state index is 16.6. The minimum absolute atomic E-state index is 0.117. The average Bonchev–Trinajstić information content (AvgIpc) is 0.769. The third-order valence-corrected chi connectivity index (χ3v) is 23.4. The van der Waals surface area contributed by atoms with Crippen LogP contribution in [0.25, 0.3) is 22.3 Å². The molecule has 3 saturated heterocycles. The fourth-order valence-electron chi connectivity index (χ4n) is 16.2. The molecule has 8 aliphatic rings. The zero-order chi connectivity index (χ0) is 89.4. The Morgan fingerprint density at radius 1 is 0.637 bits per heavy atom. The van der Waals surface area contributed by atoms with Gasteiger partial charge in [0.1, 0.15) is 89.5 Å². The van der Waals surface area contributed by atoms with Gasteiger partial charge >= 0.3 is 5.97 Å². The highest BCUT2D eigenvalue weighted by molar-refractivity contribution is 6.32. The number of hydrogen-bond donors (Lipinski definition) is 20. The second-order valence-corrected chi connectivity index (χ2v) is 33.4. The number of carboxylic acid groups (broad SMARTS) is 1. The van der Waals surface area contributed by atoms with Crippen LogP contribution >= 0.6 is 23.2 Å². The first-order chi connectivity index (χ1) is 58.8. The number of carbonyl (C=O) groups is 8. The van der Waals surface area contributed by atoms with E-state index in [2.05, 4.69) is 42.5 Å². The number of likely N-dealkylation sites (N-methyl/N-ethyl adjacent to an activating group) is 1. The van der Waals surface area contributed by atoms with Crippen molar-refractivity contribution in [1.29, 1.82) is 0 Å². The predicted molar refractivity (Wildman–Crippen MR) is 440 cm³/mol. The number of hydrogen-bond acceptors (Lipinski definition) is 28. The number of aromatic hydroxyl groups is 3. The van der Waals surface area contributed by atoms with E-state index in [9.17, 15) is 65.4 Å². The Bertz CT molecular complexity index is 5190. The summed E-state index contributed by atoms with van der Waals surface area (Å²) in [6, 6.07) is 17.1. The van der Waals surface area contributed by atoms with E-state index in [0.29, 0.717) is 0 Å². The number of phenols is 3. The predicted octanol–water partition coefficient (Wildman–Crippen LogP) is 3.84. The number of carbonyl (C=O) groups excluding carboxylic acids is 7. The third-order valence-electron chi connectivity index (χ3n) is 22.9. The summed E-state index contributed by atoms with van der Waals surface area (Å²) in [7, 11) is 1.48. The molecule has 8 heterocycles. The van der Waals surface area contributed by atoms with Gasteiger partial charge in [-0.3, -0.25) is 33.6 Å². The van der Waals surface area contributed by atoms with Gasteiger partial charge in [0, 0.05) is 53.2 Å². The minimum atomic E-state index is -2.39. The quantitative estimate of drug-likeness (QED) is 0.0547. The first-order valence-electron chi connectivity index (χ1n) is 40.0. The van der Waals surface area contributed by atoms with Gasteiger partial charge in [-0.25, -0.2) is 4.79 Å². The maximum atomic E-state index is 16.6. The van der Waals surface area contributed by atoms with E-state index in [1.807, 2.05) is 68.4 Å². The number of aliphatic hydroxyl groups excluding tert-OH is 6. The number of nitrogens with one attached hydrogen (secondary N) is 8. The summed E-state index contributed by atoms with van der Waals surface area (Å²) in [5.74, 6) is -16.1. The molecule has 7 amide bonds. The smallest absolute Gasteiger partial charge is 0.330 e. The molecule has 8 aliphatic heterocycles. The van der Waals surface area contributed by atoms with Gasteiger partial charge in [0.2, 0.25) is 53.4 Å². The van der Waals surface area contributed by atoms with Crippen molar-refractivity contribution >= 4 is 70.5 Å². The monoisotopic (exact) mass is 1760 g/mol. The number of aliphatic carboxylic acids is 1. The van der Waals surface area contributed by atoms with Crippen molar-refractivity contribution in [1.82, 2.24) is 42.5 Å². The zero-order valence-electron chi connectivity index (χ0n) is 68.0. The van der Waals surface area contributed by atoms with Crippen LogP contribution in [0.15, 0.2) is 133 Å². The first-order valence-corrected chi connectivity index (χ1v) is 40.7. The van der Waals surface area contributed by atoms with Crippen molar-refractivity contribution in [3.8, 4) is 68.2 Å². The fourth-order valence-corrected chi connectivity index (χ4v) is 16.6. The standard InChI is InChI=1S/C86H98Cl2N10O26/c1-36(2)23-51(91-7)77(109)97-67-69(104)43-18-21-55(49(87)25-43)119-57-27-45-28-58(73(57)124-84-74(71(106)70(105)59(35-99)121-84)123-62-33-86(6,76(108)38(4)118-62)92-34-39-13-15-41(16-14-39)40-11-9-8-10-12-40)120-56-22-19-44(26-50(56)88)72(122-61-32-85(5,90)75(107)37(3)117-61)68-82(114)96-66(83(115)116)48-29-46(100)30-54(102)63(48)47-24-42(17-20-53(47)101)64(79(111)98-68)95-80(112)65(45)94-78(110)52(31-60(89)103)93-81(67)113/h8-22,24-30,36-38,51-52,59,61-62,64-72,74-76,84,91-92,99-102,104-108H,23,31-35,90H2,1-7H3,(H2,89,103)(H,93,113)(H,94,110)(H,95,112)(H,96,114)(H,97,109)(H,98,111)(H,115,116)/t37-,38-,51+,52-,59+,61-,62-,64+,65+,66+,67+,68-,69+,70+,71-,72+,74+,75+,76+,84-,85-,86-/m0/s1. The lowest BCUT2D eigenvalue weighted by Gasteiger charge is -2.48. The summed E-state index contributed by atoms with van der Waals surface area (Å²) in [6.45, 7) is 9.12. The third kappa shape index (κ3) is 19.6. The van der Waals surface area contributed by atoms with Crippen LogP contribution in [0.3, 0.4) is 0 Å². The molecule has 0 aliphatic carbocycles. The zero-order valence-corrected chi connectivity index (χ0v) is 69.5. The Morgan fingerprint density at radius 3 is 1.86 bits per heavy atom. The summed E-state index contributed by atoms with van der Waals surface area (Å²) in [5, 5.41) is 137. The summed E-state index contributed by atoms with van der Waals surface area (Å²) in [4.78, 5) is 121. The molecule has 0 radical (unpaired) electrons. The molecule has 22 N–H and O–H groups in total. The number of ether oxygens (including phenoxy) is 8. The van der Waals surface area contributed by atoms with Gasteiger partial charge in [0.15, 0.2) is 36.2 Å². The number of halogens is 2. The van der Waals surface area contributed by atoms with Gasteiger partial charge in [0.25, 0.3) is 0 Å². The number of rotatable bonds is 19. The van der Waals surface area contributed by atoms with Crippen LogP contribution in [0, 0.1) is 5.92 Å². The highest BCUT2D eigenvalue weighted by atomic mass is 35.5. The summed E-state index contributed by atoms with van der Waals surface area (Å²) >= 11 is 14.7. The largest absolute Gasteiger partial charge is 0.508 e. The van der Waals surface area contributed by atoms with Crippen LogP contribution < -0.4 is 68.2 Å². The second-order valence-electron chi connectivity index (χ2n) is 32.6. The average molecular weight is 1760 g/mol. The van der Waals surface area contributed by atoms with Gasteiger partial charge in [-0.2, -0.15) is 0 Å². The van der Waals surface area contributed by atoms with E-state index in [-0.39, 0.29) is 59.2 Å². The van der Waals surface area contributed by atoms with Crippen LogP contribution in [0.5, 0.6) is 46.0 Å². The second kappa shape index (κ2) is 37.5. The Balaban J connectivity index is 1.02. The SMILES string of the molecule is CN[C@H](CC(C)C)C(=O)N[C@H]1C(=O)N[C@@H](CC(N)=O)C(=O)N[C@H]2C(=O)N[C@H]3C(=O)N[C@H](C(=O)N[C@@H](C(=O)O)c4cc(O)cc(O)c4-c4cc3ccc4O)[C@H](O[C@H]3C[C@](C)(N)[C@H](O)[C@H](C)O3)c3ccc(c(Cl)c3)Oc3cc2cc(c3O[C@@H]2O[C@H](CO)[C@@H](O)[C@H](O)[C@H]2O[C@H]2C[C@](C)(NCc3ccc(-c4ccccc4)cc3)[C@H](O)[C@H](C)O2)Oc2ccc(cc2Cl)[C@H]1O. The Hall–Kier alpha value is -10.9. The van der Waals surface area contributed by atoms with Gasteiger partial charge in [-0.1, -0.05) is 110 Å². The van der Waals surface area contributed by atoms with Gasteiger partial charge in [0.05, 0.1) is 53.5 Å². The molecule has 11 bridgehead atoms. The molecule has 3 fully saturated rings. The van der Waals surface area contributed by atoms with E-state index in [0.717, 1.165) is 65.2 Å². The number of nitrogens with two attached hydrogens (primary N) is 2. The molecular weight excluding hydrogens is 1660 g/mol. The minimum Gasteiger partial charge on any atom is -0.508 e. The first kappa shape index (κ1) is 90.8. The van der Waals surface area contributed by atoms with E-state index in [1.165, 1.54) is 51.2 Å². The van der Waals surface area contributed by atoms with Crippen LogP contribution in [-0.4, -0.2) is 215 Å². The lowest BCUT2D eigenvalue weighted by Crippen LogP contribution is -2.65. The van der Waals surface area contributed by atoms with Crippen molar-refractivity contribution in [3.05, 3.63) is 177 Å². The molecule has 7 aromatic carbocycles. The molecule has 0 unspecified atom stereocenters. The Kier molecular flexibility index (Phi) is 27.5. The van der Waals surface area contributed by atoms with Crippen molar-refractivity contribution in [2.75, 3.05) is 13.7 Å². The molecule has 662 valence electrons. The molecule has 124 heavy (non-hydrogen) atoms. The van der Waals surface area contributed by atoms with Gasteiger partial charge in [-0.15, -0.1) is 0 Å². The summed E-state index contributed by atoms with van der Waals surface area (Å²) in [5.41, 5.74) is 9.79. The van der Waals surface area contributed by atoms with Crippen molar-refractivity contribution in [2.45, 2.75) is 207 Å². The van der Waals surface area contributed by atoms with E-state index in [4.69, 9.17) is 72.6 Å². The number of amides is 7. The van der Waals surface area contributed by atoms with Crippen LogP contribution in [-0.2, 0) is 68.6 Å². The van der Waals surface area contributed by atoms with Gasteiger partial charge in [-0.05, 0) is 141 Å². The molecular formula is C86H98Cl2N10O26. The topological polar surface area (TPSA) is 561 Å². The number of fused-ring (bicyclic) bond motifs is 15. The van der Waals surface area contributed by atoms with Crippen LogP contribution in [0.1, 0.15) is 131 Å². The lowest BCUT2D eigenvalue weighted by molar-refractivity contribution is -0.334. The number of primary amides is 1. The van der Waals surface area contributed by atoms with Crippen LogP contribution in [0.2, 0.25) is 10.0 Å². The molecule has 0 saturated carbocycles. The van der Waals surface area contributed by atoms with Crippen molar-refractivity contribution < 1.29 is 127 Å². The number of benzene rings is 7. The van der Waals surface area contributed by atoms with Gasteiger partial charge < -0.3 is 143 Å². The van der Waals surface area contributed by atoms with E-state index in [1.54, 1.807) is 13.8 Å².